The van der Waals surface area contributed by atoms with Crippen molar-refractivity contribution in [2.24, 2.45) is 0 Å². The Morgan fingerprint density at radius 3 is 2.28 bits per heavy atom. The maximum Gasteiger partial charge on any atom is 0.222 e. The van der Waals surface area contributed by atoms with Gasteiger partial charge in [-0.2, -0.15) is 4.98 Å². The van der Waals surface area contributed by atoms with Gasteiger partial charge in [0.1, 0.15) is 11.6 Å². The van der Waals surface area contributed by atoms with Crippen LogP contribution >= 0.6 is 0 Å². The van der Waals surface area contributed by atoms with Crippen molar-refractivity contribution in [3.8, 4) is 11.1 Å². The minimum Gasteiger partial charge on any atom is -0.368 e. The average molecular weight is 330 g/mol. The highest BCUT2D eigenvalue weighted by Crippen LogP contribution is 2.29. The van der Waals surface area contributed by atoms with Gasteiger partial charge >= 0.3 is 0 Å². The lowest BCUT2D eigenvalue weighted by Crippen LogP contribution is -2.01. The van der Waals surface area contributed by atoms with Crippen LogP contribution in [-0.4, -0.2) is 9.97 Å². The molecule has 0 aliphatic heterocycles. The summed E-state index contributed by atoms with van der Waals surface area (Å²) in [5.41, 5.74) is 9.38. The number of nitrogen functional groups attached to an aromatic ring is 1. The molecular weight excluding hydrogens is 315 g/mol. The van der Waals surface area contributed by atoms with Crippen LogP contribution in [-0.2, 0) is 0 Å². The molecule has 1 aromatic heterocycles. The summed E-state index contributed by atoms with van der Waals surface area (Å²) in [5, 5.41) is 4.13. The maximum absolute atomic E-state index is 13.2. The summed E-state index contributed by atoms with van der Waals surface area (Å²) in [7, 11) is 0. The molecule has 0 unspecified atom stereocenters. The van der Waals surface area contributed by atoms with Crippen molar-refractivity contribution in [1.82, 2.24) is 9.97 Å². The third-order valence-corrected chi connectivity index (χ3v) is 3.93. The number of fused-ring (bicyclic) bond motifs is 1. The van der Waals surface area contributed by atoms with Crippen LogP contribution in [0.1, 0.15) is 0 Å². The van der Waals surface area contributed by atoms with Crippen LogP contribution in [0.25, 0.3) is 22.0 Å². The van der Waals surface area contributed by atoms with Crippen LogP contribution < -0.4 is 11.1 Å². The van der Waals surface area contributed by atoms with Crippen molar-refractivity contribution >= 4 is 28.4 Å². The van der Waals surface area contributed by atoms with E-state index in [1.165, 1.54) is 12.1 Å². The highest BCUT2D eigenvalue weighted by atomic mass is 19.1. The topological polar surface area (TPSA) is 63.8 Å². The van der Waals surface area contributed by atoms with Crippen LogP contribution in [0.2, 0.25) is 0 Å². The predicted molar refractivity (Wildman–Crippen MR) is 99.1 cm³/mol. The molecule has 4 rings (SSSR count). The summed E-state index contributed by atoms with van der Waals surface area (Å²) in [6.07, 6.45) is 0. The van der Waals surface area contributed by atoms with Gasteiger partial charge < -0.3 is 11.1 Å². The fourth-order valence-electron chi connectivity index (χ4n) is 2.72. The quantitative estimate of drug-likeness (QED) is 0.568. The molecule has 122 valence electrons. The lowest BCUT2D eigenvalue weighted by atomic mass is 10.0. The lowest BCUT2D eigenvalue weighted by molar-refractivity contribution is 0.628. The van der Waals surface area contributed by atoms with Crippen molar-refractivity contribution in [2.45, 2.75) is 0 Å². The minimum absolute atomic E-state index is 0.209. The minimum atomic E-state index is -0.257. The third-order valence-electron chi connectivity index (χ3n) is 3.93. The number of aromatic nitrogens is 2. The van der Waals surface area contributed by atoms with Crippen molar-refractivity contribution in [3.05, 3.63) is 78.6 Å². The summed E-state index contributed by atoms with van der Waals surface area (Å²) < 4.78 is 13.2. The van der Waals surface area contributed by atoms with E-state index in [4.69, 9.17) is 5.73 Å². The molecule has 3 N–H and O–H groups in total. The Bertz CT molecular complexity index is 1030. The number of hydrogen-bond donors (Lipinski definition) is 2. The monoisotopic (exact) mass is 330 g/mol. The molecule has 1 heterocycles. The van der Waals surface area contributed by atoms with Gasteiger partial charge in [0.2, 0.25) is 5.95 Å². The third kappa shape index (κ3) is 3.12. The number of nitrogens with two attached hydrogens (primary N) is 1. The highest BCUT2D eigenvalue weighted by molar-refractivity contribution is 5.94. The van der Waals surface area contributed by atoms with Gasteiger partial charge in [0, 0.05) is 11.1 Å². The van der Waals surface area contributed by atoms with Crippen molar-refractivity contribution in [2.75, 3.05) is 11.1 Å². The first-order valence-corrected chi connectivity index (χ1v) is 7.84. The number of anilines is 3. The Morgan fingerprint density at radius 2 is 1.52 bits per heavy atom. The molecule has 0 saturated heterocycles. The van der Waals surface area contributed by atoms with E-state index in [1.807, 2.05) is 48.5 Å². The normalized spacial score (nSPS) is 10.8. The number of hydrogen-bond acceptors (Lipinski definition) is 4. The first-order chi connectivity index (χ1) is 12.2. The largest absolute Gasteiger partial charge is 0.368 e. The van der Waals surface area contributed by atoms with Crippen LogP contribution in [0.3, 0.4) is 0 Å². The molecule has 4 aromatic rings. The van der Waals surface area contributed by atoms with E-state index in [2.05, 4.69) is 15.3 Å². The Balaban J connectivity index is 1.83. The molecule has 4 nitrogen and oxygen atoms in total. The zero-order chi connectivity index (χ0) is 17.2. The van der Waals surface area contributed by atoms with E-state index in [-0.39, 0.29) is 11.8 Å². The number of para-hydroxylation sites is 1. The van der Waals surface area contributed by atoms with E-state index < -0.39 is 0 Å². The predicted octanol–water partition coefficient (Wildman–Crippen LogP) is 4.76. The molecule has 0 amide bonds. The second-order valence-corrected chi connectivity index (χ2v) is 5.66. The fraction of sp³-hybridized carbons (Fsp3) is 0. The summed E-state index contributed by atoms with van der Waals surface area (Å²) in [6.45, 7) is 0. The number of nitrogens with zero attached hydrogens (tertiary/aromatic N) is 2. The molecule has 0 radical (unpaired) electrons. The second kappa shape index (κ2) is 6.20. The van der Waals surface area contributed by atoms with Crippen molar-refractivity contribution in [1.29, 1.82) is 0 Å². The zero-order valence-electron chi connectivity index (χ0n) is 13.3. The van der Waals surface area contributed by atoms with Crippen LogP contribution in [0.15, 0.2) is 72.8 Å². The van der Waals surface area contributed by atoms with Crippen LogP contribution in [0.4, 0.5) is 21.8 Å². The first kappa shape index (κ1) is 15.1. The molecule has 0 fully saturated rings. The van der Waals surface area contributed by atoms with Gasteiger partial charge in [0.05, 0.1) is 5.52 Å². The molecule has 0 bridgehead atoms. The summed E-state index contributed by atoms with van der Waals surface area (Å²) in [4.78, 5) is 8.63. The van der Waals surface area contributed by atoms with Crippen LogP contribution in [0, 0.1) is 5.82 Å². The van der Waals surface area contributed by atoms with E-state index in [9.17, 15) is 4.39 Å². The van der Waals surface area contributed by atoms with Gasteiger partial charge in [-0.3, -0.25) is 0 Å². The van der Waals surface area contributed by atoms with Gasteiger partial charge in [-0.25, -0.2) is 9.37 Å². The molecule has 0 spiro atoms. The molecule has 25 heavy (non-hydrogen) atoms. The molecule has 3 aromatic carbocycles. The standard InChI is InChI=1S/C20H15FN4/c21-15-9-6-13(7-10-15)14-8-11-18-17(12-14)19(25-20(22)24-18)23-16-4-2-1-3-5-16/h1-12H,(H3,22,23,24,25). The summed E-state index contributed by atoms with van der Waals surface area (Å²) in [5.74, 6) is 0.588. The molecule has 0 atom stereocenters. The van der Waals surface area contributed by atoms with E-state index in [0.29, 0.717) is 5.82 Å². The van der Waals surface area contributed by atoms with Gasteiger partial charge in [0.25, 0.3) is 0 Å². The Kier molecular flexibility index (Phi) is 3.74. The number of benzene rings is 3. The second-order valence-electron chi connectivity index (χ2n) is 5.66. The SMILES string of the molecule is Nc1nc(Nc2ccccc2)c2cc(-c3ccc(F)cc3)ccc2n1. The average Bonchev–Trinajstić information content (AvgIpc) is 2.63. The molecule has 0 saturated carbocycles. The highest BCUT2D eigenvalue weighted by Gasteiger charge is 2.09. The fourth-order valence-corrected chi connectivity index (χ4v) is 2.72. The smallest absolute Gasteiger partial charge is 0.222 e. The van der Waals surface area contributed by atoms with E-state index in [0.717, 1.165) is 27.7 Å². The van der Waals surface area contributed by atoms with Crippen molar-refractivity contribution in [3.63, 3.8) is 0 Å². The molecule has 0 aliphatic rings. The zero-order valence-corrected chi connectivity index (χ0v) is 13.3. The van der Waals surface area contributed by atoms with Gasteiger partial charge in [-0.15, -0.1) is 0 Å². The van der Waals surface area contributed by atoms with E-state index >= 15 is 0 Å². The number of nitrogens with one attached hydrogen (secondary N) is 1. The summed E-state index contributed by atoms with van der Waals surface area (Å²) in [6, 6.07) is 21.9. The molecular formula is C20H15FN4. The summed E-state index contributed by atoms with van der Waals surface area (Å²) >= 11 is 0. The van der Waals surface area contributed by atoms with E-state index in [1.54, 1.807) is 12.1 Å². The van der Waals surface area contributed by atoms with Gasteiger partial charge in [-0.1, -0.05) is 36.4 Å². The lowest BCUT2D eigenvalue weighted by Gasteiger charge is -2.11. The van der Waals surface area contributed by atoms with Gasteiger partial charge in [0.15, 0.2) is 0 Å². The number of rotatable bonds is 3. The number of halogens is 1. The van der Waals surface area contributed by atoms with Gasteiger partial charge in [-0.05, 0) is 47.5 Å². The molecule has 5 heteroatoms. The Morgan fingerprint density at radius 1 is 0.800 bits per heavy atom. The maximum atomic E-state index is 13.2. The molecule has 0 aliphatic carbocycles. The van der Waals surface area contributed by atoms with Crippen molar-refractivity contribution < 1.29 is 4.39 Å². The Labute approximate surface area is 144 Å². The Hall–Kier alpha value is -3.47. The first-order valence-electron chi connectivity index (χ1n) is 7.84. The van der Waals surface area contributed by atoms with Crippen LogP contribution in [0.5, 0.6) is 0 Å².